The average molecular weight is 196 g/mol. The number of amides is 1. The van der Waals surface area contributed by atoms with Crippen LogP contribution < -0.4 is 10.6 Å². The molecule has 14 heavy (non-hydrogen) atoms. The van der Waals surface area contributed by atoms with Crippen LogP contribution in [0.3, 0.4) is 0 Å². The summed E-state index contributed by atoms with van der Waals surface area (Å²) in [6, 6.07) is 0. The number of anilines is 1. The quantitative estimate of drug-likeness (QED) is 0.623. The van der Waals surface area contributed by atoms with E-state index in [2.05, 4.69) is 15.4 Å². The first kappa shape index (κ1) is 9.07. The summed E-state index contributed by atoms with van der Waals surface area (Å²) in [7, 11) is 1.66. The number of hydrogen-bond acceptors (Lipinski definition) is 5. The lowest BCUT2D eigenvalue weighted by atomic mass is 10.1. The van der Waals surface area contributed by atoms with Gasteiger partial charge in [0.2, 0.25) is 5.91 Å². The molecule has 2 N–H and O–H groups in total. The van der Waals surface area contributed by atoms with Gasteiger partial charge >= 0.3 is 0 Å². The van der Waals surface area contributed by atoms with Gasteiger partial charge in [0.25, 0.3) is 5.95 Å². The first-order valence-corrected chi connectivity index (χ1v) is 4.45. The van der Waals surface area contributed by atoms with E-state index in [-0.39, 0.29) is 11.8 Å². The molecule has 1 aromatic rings. The number of carbonyl (C=O) groups is 1. The lowest BCUT2D eigenvalue weighted by molar-refractivity contribution is -0.117. The van der Waals surface area contributed by atoms with E-state index < -0.39 is 0 Å². The topological polar surface area (TPSA) is 89.9 Å². The number of nitrogens with two attached hydrogens (primary N) is 1. The third kappa shape index (κ3) is 1.46. The maximum absolute atomic E-state index is 11.5. The highest BCUT2D eigenvalue weighted by Crippen LogP contribution is 2.20. The van der Waals surface area contributed by atoms with E-state index >= 15 is 0 Å². The Morgan fingerprint density at radius 2 is 2.43 bits per heavy atom. The number of hydrogen-bond donors (Lipinski definition) is 1. The molecule has 1 fully saturated rings. The second-order valence-electron chi connectivity index (χ2n) is 3.39. The number of aryl methyl sites for hydroxylation is 1. The largest absolute Gasteiger partial charge is 0.330 e. The van der Waals surface area contributed by atoms with Crippen LogP contribution in [0.2, 0.25) is 0 Å². The molecule has 0 bridgehead atoms. The summed E-state index contributed by atoms with van der Waals surface area (Å²) in [5.74, 6) is 0.605. The van der Waals surface area contributed by atoms with Crippen molar-refractivity contribution in [2.45, 2.75) is 6.42 Å². The van der Waals surface area contributed by atoms with Crippen LogP contribution in [0, 0.1) is 5.92 Å². The number of nitrogens with zero attached hydrogens (tertiary/aromatic N) is 5. The van der Waals surface area contributed by atoms with Gasteiger partial charge in [0.1, 0.15) is 0 Å². The molecule has 1 aliphatic heterocycles. The zero-order valence-corrected chi connectivity index (χ0v) is 7.92. The smallest absolute Gasteiger partial charge is 0.272 e. The lowest BCUT2D eigenvalue weighted by Gasteiger charge is -2.09. The summed E-state index contributed by atoms with van der Waals surface area (Å²) >= 11 is 0. The first-order chi connectivity index (χ1) is 6.70. The Hall–Kier alpha value is -1.50. The number of aromatic nitrogens is 4. The number of carbonyl (C=O) groups excluding carboxylic acids is 1. The van der Waals surface area contributed by atoms with Crippen molar-refractivity contribution in [2.75, 3.05) is 18.0 Å². The molecule has 76 valence electrons. The van der Waals surface area contributed by atoms with Crippen molar-refractivity contribution in [2.24, 2.45) is 18.7 Å². The summed E-state index contributed by atoms with van der Waals surface area (Å²) < 4.78 is 0. The SMILES string of the molecule is Cn1nnc(N2CC(CN)CC2=O)n1. The van der Waals surface area contributed by atoms with Crippen molar-refractivity contribution >= 4 is 11.9 Å². The molecule has 1 aliphatic rings. The molecular formula is C7H12N6O. The highest BCUT2D eigenvalue weighted by Gasteiger charge is 2.31. The second-order valence-corrected chi connectivity index (χ2v) is 3.39. The van der Waals surface area contributed by atoms with Crippen LogP contribution in [0.25, 0.3) is 0 Å². The minimum Gasteiger partial charge on any atom is -0.330 e. The number of rotatable bonds is 2. The zero-order valence-electron chi connectivity index (χ0n) is 7.92. The fourth-order valence-electron chi connectivity index (χ4n) is 1.51. The van der Waals surface area contributed by atoms with Gasteiger partial charge in [0.15, 0.2) is 0 Å². The predicted octanol–water partition coefficient (Wildman–Crippen LogP) is -1.48. The molecule has 1 amide bonds. The van der Waals surface area contributed by atoms with Gasteiger partial charge in [-0.05, 0) is 17.7 Å². The van der Waals surface area contributed by atoms with Crippen molar-refractivity contribution in [1.82, 2.24) is 20.2 Å². The molecule has 7 nitrogen and oxygen atoms in total. The molecule has 1 atom stereocenters. The normalized spacial score (nSPS) is 22.0. The maximum Gasteiger partial charge on any atom is 0.272 e. The van der Waals surface area contributed by atoms with E-state index in [0.29, 0.717) is 25.5 Å². The minimum absolute atomic E-state index is 0.0217. The summed E-state index contributed by atoms with van der Waals surface area (Å²) in [6.07, 6.45) is 0.481. The van der Waals surface area contributed by atoms with Crippen LogP contribution in [0.1, 0.15) is 6.42 Å². The van der Waals surface area contributed by atoms with Crippen molar-refractivity contribution in [3.8, 4) is 0 Å². The molecule has 2 rings (SSSR count). The Balaban J connectivity index is 2.16. The fourth-order valence-corrected chi connectivity index (χ4v) is 1.51. The fraction of sp³-hybridized carbons (Fsp3) is 0.714. The molecule has 7 heteroatoms. The highest BCUT2D eigenvalue weighted by molar-refractivity contribution is 5.93. The lowest BCUT2D eigenvalue weighted by Crippen LogP contribution is -2.26. The molecule has 0 radical (unpaired) electrons. The van der Waals surface area contributed by atoms with Gasteiger partial charge in [-0.1, -0.05) is 5.10 Å². The van der Waals surface area contributed by atoms with Gasteiger partial charge in [-0.2, -0.15) is 4.80 Å². The van der Waals surface area contributed by atoms with Crippen molar-refractivity contribution in [1.29, 1.82) is 0 Å². The minimum atomic E-state index is 0.0217. The third-order valence-electron chi connectivity index (χ3n) is 2.28. The molecule has 0 aromatic carbocycles. The molecule has 1 unspecified atom stereocenters. The van der Waals surface area contributed by atoms with Crippen LogP contribution in [0.15, 0.2) is 0 Å². The Labute approximate surface area is 80.9 Å². The van der Waals surface area contributed by atoms with E-state index in [0.717, 1.165) is 0 Å². The van der Waals surface area contributed by atoms with Gasteiger partial charge in [0.05, 0.1) is 7.05 Å². The highest BCUT2D eigenvalue weighted by atomic mass is 16.2. The van der Waals surface area contributed by atoms with Crippen LogP contribution >= 0.6 is 0 Å². The van der Waals surface area contributed by atoms with E-state index in [4.69, 9.17) is 5.73 Å². The van der Waals surface area contributed by atoms with Crippen molar-refractivity contribution < 1.29 is 4.79 Å². The Bertz CT molecular complexity index is 348. The monoisotopic (exact) mass is 196 g/mol. The summed E-state index contributed by atoms with van der Waals surface area (Å²) in [5, 5.41) is 11.4. The van der Waals surface area contributed by atoms with Gasteiger partial charge in [0, 0.05) is 13.0 Å². The molecule has 2 heterocycles. The van der Waals surface area contributed by atoms with Gasteiger partial charge in [-0.3, -0.25) is 9.69 Å². The molecule has 0 spiro atoms. The Morgan fingerprint density at radius 1 is 1.64 bits per heavy atom. The van der Waals surface area contributed by atoms with Gasteiger partial charge in [-0.25, -0.2) is 0 Å². The van der Waals surface area contributed by atoms with E-state index in [9.17, 15) is 4.79 Å². The predicted molar refractivity (Wildman–Crippen MR) is 48.3 cm³/mol. The van der Waals surface area contributed by atoms with Crippen LogP contribution in [0.4, 0.5) is 5.95 Å². The molecular weight excluding hydrogens is 184 g/mol. The van der Waals surface area contributed by atoms with Crippen molar-refractivity contribution in [3.05, 3.63) is 0 Å². The molecule has 0 aliphatic carbocycles. The Morgan fingerprint density at radius 3 is 2.93 bits per heavy atom. The van der Waals surface area contributed by atoms with Crippen LogP contribution in [-0.4, -0.2) is 39.2 Å². The van der Waals surface area contributed by atoms with Gasteiger partial charge < -0.3 is 5.73 Å². The van der Waals surface area contributed by atoms with E-state index in [1.807, 2.05) is 0 Å². The van der Waals surface area contributed by atoms with E-state index in [1.165, 1.54) is 9.70 Å². The second kappa shape index (κ2) is 3.33. The van der Waals surface area contributed by atoms with Gasteiger partial charge in [-0.15, -0.1) is 5.10 Å². The number of tetrazole rings is 1. The van der Waals surface area contributed by atoms with E-state index in [1.54, 1.807) is 7.05 Å². The van der Waals surface area contributed by atoms with Crippen molar-refractivity contribution in [3.63, 3.8) is 0 Å². The average Bonchev–Trinajstić information content (AvgIpc) is 2.71. The zero-order chi connectivity index (χ0) is 10.1. The van der Waals surface area contributed by atoms with Crippen LogP contribution in [-0.2, 0) is 11.8 Å². The molecule has 1 saturated heterocycles. The maximum atomic E-state index is 11.5. The van der Waals surface area contributed by atoms with Crippen LogP contribution in [0.5, 0.6) is 0 Å². The molecule has 1 aromatic heterocycles. The third-order valence-corrected chi connectivity index (χ3v) is 2.28. The Kier molecular flexibility index (Phi) is 2.16. The summed E-state index contributed by atoms with van der Waals surface area (Å²) in [6.45, 7) is 1.11. The summed E-state index contributed by atoms with van der Waals surface area (Å²) in [4.78, 5) is 14.4. The summed E-state index contributed by atoms with van der Waals surface area (Å²) in [5.41, 5.74) is 5.50. The molecule has 0 saturated carbocycles. The first-order valence-electron chi connectivity index (χ1n) is 4.45. The standard InChI is InChI=1S/C7H12N6O/c1-12-10-7(9-11-12)13-4-5(3-8)2-6(13)14/h5H,2-4,8H2,1H3.